The van der Waals surface area contributed by atoms with Gasteiger partial charge in [-0.25, -0.2) is 0 Å². The number of Topliss-reactive ketones (excluding diaryl/α,β-unsaturated/α-hetero) is 1. The average molecular weight is 578 g/mol. The molecule has 0 aliphatic heterocycles. The Morgan fingerprint density at radius 3 is 0.902 bits per heavy atom. The van der Waals surface area contributed by atoms with E-state index in [-0.39, 0.29) is 5.78 Å². The first-order valence-electron chi connectivity index (χ1n) is 19.0. The summed E-state index contributed by atoms with van der Waals surface area (Å²) in [6.45, 7) is 4.56. The molecule has 0 saturated carbocycles. The molecule has 0 aliphatic rings. The molecule has 0 aromatic rings. The first-order chi connectivity index (χ1) is 20.1. The molecule has 0 aromatic carbocycles. The molecule has 244 valence electrons. The van der Waals surface area contributed by atoms with Crippen LogP contribution in [0.15, 0.2) is 0 Å². The van der Waals surface area contributed by atoms with Crippen LogP contribution >= 0.6 is 0 Å². The Kier molecular flexibility index (Phi) is 32.9. The van der Waals surface area contributed by atoms with Crippen molar-refractivity contribution in [2.45, 2.75) is 226 Å². The number of nitrogens with two attached hydrogens (primary N) is 1. The molecule has 0 rings (SSSR count). The van der Waals surface area contributed by atoms with Gasteiger partial charge in [0.15, 0.2) is 0 Å². The lowest BCUT2D eigenvalue weighted by atomic mass is 9.92. The van der Waals surface area contributed by atoms with Crippen LogP contribution in [-0.2, 0) is 9.59 Å². The highest BCUT2D eigenvalue weighted by Crippen LogP contribution is 2.19. The van der Waals surface area contributed by atoms with Crippen molar-refractivity contribution in [1.82, 2.24) is 0 Å². The fourth-order valence-corrected chi connectivity index (χ4v) is 6.20. The number of rotatable bonds is 35. The SMILES string of the molecule is CCCCCCCCCCCCCCCCCCC(C(N)=O)C(=O)CCCCCCCCCCCCCCCCC. The highest BCUT2D eigenvalue weighted by Gasteiger charge is 2.22. The van der Waals surface area contributed by atoms with Gasteiger partial charge in [0.25, 0.3) is 0 Å². The van der Waals surface area contributed by atoms with Gasteiger partial charge in [0.1, 0.15) is 5.78 Å². The lowest BCUT2D eigenvalue weighted by Crippen LogP contribution is -2.30. The lowest BCUT2D eigenvalue weighted by Gasteiger charge is -2.12. The molecule has 2 N–H and O–H groups in total. The van der Waals surface area contributed by atoms with E-state index in [1.54, 1.807) is 0 Å². The van der Waals surface area contributed by atoms with Gasteiger partial charge in [-0.1, -0.05) is 206 Å². The molecule has 1 atom stereocenters. The summed E-state index contributed by atoms with van der Waals surface area (Å²) in [6, 6.07) is 0. The fraction of sp³-hybridized carbons (Fsp3) is 0.947. The van der Waals surface area contributed by atoms with Crippen molar-refractivity contribution < 1.29 is 9.59 Å². The minimum atomic E-state index is -0.548. The number of primary amides is 1. The molecule has 0 radical (unpaired) electrons. The highest BCUT2D eigenvalue weighted by molar-refractivity contribution is 6.00. The summed E-state index contributed by atoms with van der Waals surface area (Å²) in [7, 11) is 0. The highest BCUT2D eigenvalue weighted by atomic mass is 16.2. The maximum absolute atomic E-state index is 12.6. The predicted octanol–water partition coefficient (Wildman–Crippen LogP) is 12.6. The van der Waals surface area contributed by atoms with Crippen LogP contribution in [0.4, 0.5) is 0 Å². The predicted molar refractivity (Wildman–Crippen MR) is 181 cm³/mol. The Labute approximate surface area is 258 Å². The van der Waals surface area contributed by atoms with Crippen molar-refractivity contribution in [1.29, 1.82) is 0 Å². The minimum absolute atomic E-state index is 0.0909. The molecule has 3 heteroatoms. The van der Waals surface area contributed by atoms with Crippen LogP contribution in [-0.4, -0.2) is 11.7 Å². The zero-order valence-corrected chi connectivity index (χ0v) is 28.3. The first kappa shape index (κ1) is 40.1. The molecule has 41 heavy (non-hydrogen) atoms. The van der Waals surface area contributed by atoms with Crippen LogP contribution in [0, 0.1) is 5.92 Å². The van der Waals surface area contributed by atoms with Crippen LogP contribution in [0.2, 0.25) is 0 Å². The molecule has 0 aliphatic carbocycles. The summed E-state index contributed by atoms with van der Waals surface area (Å²) in [5.41, 5.74) is 5.60. The van der Waals surface area contributed by atoms with Gasteiger partial charge in [0, 0.05) is 6.42 Å². The molecular formula is C38H75NO2. The monoisotopic (exact) mass is 578 g/mol. The van der Waals surface area contributed by atoms with Crippen LogP contribution in [0.3, 0.4) is 0 Å². The third kappa shape index (κ3) is 30.4. The van der Waals surface area contributed by atoms with Gasteiger partial charge in [-0.3, -0.25) is 9.59 Å². The second-order valence-electron chi connectivity index (χ2n) is 13.2. The van der Waals surface area contributed by atoms with Crippen molar-refractivity contribution in [3.8, 4) is 0 Å². The van der Waals surface area contributed by atoms with E-state index in [9.17, 15) is 9.59 Å². The molecule has 0 bridgehead atoms. The number of amides is 1. The summed E-state index contributed by atoms with van der Waals surface area (Å²) >= 11 is 0. The largest absolute Gasteiger partial charge is 0.369 e. The molecule has 1 unspecified atom stereocenters. The molecule has 0 saturated heterocycles. The number of carbonyl (C=O) groups excluding carboxylic acids is 2. The summed E-state index contributed by atoms with van der Waals surface area (Å²) in [6.07, 6.45) is 42.4. The Morgan fingerprint density at radius 1 is 0.390 bits per heavy atom. The summed E-state index contributed by atoms with van der Waals surface area (Å²) in [5.74, 6) is -0.863. The minimum Gasteiger partial charge on any atom is -0.369 e. The first-order valence-corrected chi connectivity index (χ1v) is 19.0. The maximum Gasteiger partial charge on any atom is 0.227 e. The number of ketones is 1. The number of unbranched alkanes of at least 4 members (excludes halogenated alkanes) is 29. The van der Waals surface area contributed by atoms with Gasteiger partial charge >= 0.3 is 0 Å². The molecule has 3 nitrogen and oxygen atoms in total. The Balaban J connectivity index is 3.51. The van der Waals surface area contributed by atoms with Gasteiger partial charge < -0.3 is 5.73 Å². The van der Waals surface area contributed by atoms with Crippen molar-refractivity contribution in [3.63, 3.8) is 0 Å². The standard InChI is InChI=1S/C38H75NO2/c1-3-5-7-9-11-13-15-17-19-21-22-24-26-28-30-32-34-36(38(39)41)37(40)35-33-31-29-27-25-23-20-18-16-14-12-10-8-6-4-2/h36H,3-35H2,1-2H3,(H2,39,41). The van der Waals surface area contributed by atoms with Crippen LogP contribution in [0.25, 0.3) is 0 Å². The van der Waals surface area contributed by atoms with Gasteiger partial charge in [0.05, 0.1) is 5.92 Å². The van der Waals surface area contributed by atoms with Crippen LogP contribution < -0.4 is 5.73 Å². The molecule has 0 fully saturated rings. The zero-order chi connectivity index (χ0) is 30.1. The molecule has 0 spiro atoms. The topological polar surface area (TPSA) is 60.2 Å². The average Bonchev–Trinajstić information content (AvgIpc) is 2.96. The van der Waals surface area contributed by atoms with Gasteiger partial charge in [-0.15, -0.1) is 0 Å². The van der Waals surface area contributed by atoms with E-state index in [1.165, 1.54) is 173 Å². The third-order valence-electron chi connectivity index (χ3n) is 9.11. The second kappa shape index (κ2) is 33.6. The van der Waals surface area contributed by atoms with Crippen molar-refractivity contribution >= 4 is 11.7 Å². The summed E-state index contributed by atoms with van der Waals surface area (Å²) in [4.78, 5) is 24.5. The van der Waals surface area contributed by atoms with Gasteiger partial charge in [0.2, 0.25) is 5.91 Å². The van der Waals surface area contributed by atoms with Crippen molar-refractivity contribution in [2.24, 2.45) is 11.7 Å². The maximum atomic E-state index is 12.6. The normalized spacial score (nSPS) is 12.1. The van der Waals surface area contributed by atoms with E-state index in [0.29, 0.717) is 12.8 Å². The van der Waals surface area contributed by atoms with E-state index in [0.717, 1.165) is 25.7 Å². The van der Waals surface area contributed by atoms with Crippen LogP contribution in [0.1, 0.15) is 226 Å². The van der Waals surface area contributed by atoms with Gasteiger partial charge in [-0.2, -0.15) is 0 Å². The Hall–Kier alpha value is -0.860. The van der Waals surface area contributed by atoms with E-state index in [1.807, 2.05) is 0 Å². The van der Waals surface area contributed by atoms with E-state index < -0.39 is 11.8 Å². The number of hydrogen-bond acceptors (Lipinski definition) is 2. The van der Waals surface area contributed by atoms with E-state index in [4.69, 9.17) is 5.73 Å². The van der Waals surface area contributed by atoms with E-state index >= 15 is 0 Å². The molecule has 0 heterocycles. The zero-order valence-electron chi connectivity index (χ0n) is 28.3. The van der Waals surface area contributed by atoms with Crippen LogP contribution in [0.5, 0.6) is 0 Å². The molecule has 0 aromatic heterocycles. The second-order valence-corrected chi connectivity index (χ2v) is 13.2. The smallest absolute Gasteiger partial charge is 0.227 e. The van der Waals surface area contributed by atoms with Crippen molar-refractivity contribution in [2.75, 3.05) is 0 Å². The fourth-order valence-electron chi connectivity index (χ4n) is 6.20. The molecular weight excluding hydrogens is 502 g/mol. The van der Waals surface area contributed by atoms with Gasteiger partial charge in [-0.05, 0) is 12.8 Å². The van der Waals surface area contributed by atoms with E-state index in [2.05, 4.69) is 13.8 Å². The Bertz CT molecular complexity index is 546. The quantitative estimate of drug-likeness (QED) is 0.0601. The molecule has 1 amide bonds. The Morgan fingerprint density at radius 2 is 0.634 bits per heavy atom. The summed E-state index contributed by atoms with van der Waals surface area (Å²) < 4.78 is 0. The third-order valence-corrected chi connectivity index (χ3v) is 9.11. The van der Waals surface area contributed by atoms with Crippen molar-refractivity contribution in [3.05, 3.63) is 0 Å². The summed E-state index contributed by atoms with van der Waals surface area (Å²) in [5, 5.41) is 0. The number of carbonyl (C=O) groups is 2. The number of hydrogen-bond donors (Lipinski definition) is 1. The lowest BCUT2D eigenvalue weighted by molar-refractivity contribution is -0.132.